The van der Waals surface area contributed by atoms with Crippen LogP contribution in [0.2, 0.25) is 0 Å². The van der Waals surface area contributed by atoms with Gasteiger partial charge in [-0.3, -0.25) is 0 Å². The first-order chi connectivity index (χ1) is 12.2. The summed E-state index contributed by atoms with van der Waals surface area (Å²) in [6, 6.07) is 0. The highest BCUT2D eigenvalue weighted by Gasteiger charge is 2.45. The van der Waals surface area contributed by atoms with Crippen LogP contribution in [0, 0.1) is 5.92 Å². The van der Waals surface area contributed by atoms with Crippen molar-refractivity contribution in [2.24, 2.45) is 5.92 Å². The molecule has 0 aromatic carbocycles. The largest absolute Gasteiger partial charge is 0.478 e. The minimum atomic E-state index is -1.07. The molecule has 0 aromatic heterocycles. The summed E-state index contributed by atoms with van der Waals surface area (Å²) in [7, 11) is 0. The first-order valence-electron chi connectivity index (χ1n) is 8.57. The smallest absolute Gasteiger partial charge is 0.334 e. The van der Waals surface area contributed by atoms with Crippen molar-refractivity contribution in [2.45, 2.75) is 52.2 Å². The third kappa shape index (κ3) is 4.31. The minimum Gasteiger partial charge on any atom is -0.478 e. The molecule has 0 saturated carbocycles. The third-order valence-corrected chi connectivity index (χ3v) is 4.75. The van der Waals surface area contributed by atoms with E-state index in [2.05, 4.69) is 6.58 Å². The lowest BCUT2D eigenvalue weighted by Gasteiger charge is -2.27. The highest BCUT2D eigenvalue weighted by molar-refractivity contribution is 5.92. The maximum atomic E-state index is 12.3. The van der Waals surface area contributed by atoms with E-state index in [9.17, 15) is 19.5 Å². The van der Waals surface area contributed by atoms with Crippen LogP contribution in [0.1, 0.15) is 40.0 Å². The van der Waals surface area contributed by atoms with Crippen LogP contribution in [0.4, 0.5) is 0 Å². The van der Waals surface area contributed by atoms with E-state index in [0.29, 0.717) is 18.4 Å². The van der Waals surface area contributed by atoms with Gasteiger partial charge in [-0.25, -0.2) is 14.4 Å². The van der Waals surface area contributed by atoms with Crippen molar-refractivity contribution >= 4 is 17.9 Å². The zero-order chi connectivity index (χ0) is 19.4. The van der Waals surface area contributed by atoms with E-state index < -0.39 is 36.0 Å². The summed E-state index contributed by atoms with van der Waals surface area (Å²) in [6.45, 7) is 9.01. The molecule has 1 aliphatic carbocycles. The predicted octanol–water partition coefficient (Wildman–Crippen LogP) is 3.10. The Bertz CT molecular complexity index is 725. The molecule has 6 heteroatoms. The molecule has 0 amide bonds. The van der Waals surface area contributed by atoms with Crippen molar-refractivity contribution in [2.75, 3.05) is 0 Å². The van der Waals surface area contributed by atoms with Crippen molar-refractivity contribution in [3.05, 3.63) is 47.1 Å². The molecule has 1 aliphatic heterocycles. The van der Waals surface area contributed by atoms with E-state index in [1.165, 1.54) is 0 Å². The number of aliphatic carboxylic acids is 1. The second-order valence-corrected chi connectivity index (χ2v) is 6.63. The molecule has 0 aromatic rings. The molecule has 0 spiro atoms. The number of carbonyl (C=O) groups is 3. The van der Waals surface area contributed by atoms with Crippen molar-refractivity contribution in [3.63, 3.8) is 0 Å². The maximum Gasteiger partial charge on any atom is 0.334 e. The summed E-state index contributed by atoms with van der Waals surface area (Å²) in [4.78, 5) is 35.9. The number of fused-ring (bicyclic) bond motifs is 1. The summed E-state index contributed by atoms with van der Waals surface area (Å²) in [6.07, 6.45) is 4.81. The van der Waals surface area contributed by atoms with E-state index in [0.717, 1.165) is 5.57 Å². The highest BCUT2D eigenvalue weighted by Crippen LogP contribution is 2.36. The lowest BCUT2D eigenvalue weighted by Crippen LogP contribution is -2.34. The van der Waals surface area contributed by atoms with E-state index >= 15 is 0 Å². The topological polar surface area (TPSA) is 89.9 Å². The van der Waals surface area contributed by atoms with Crippen LogP contribution in [0.15, 0.2) is 47.1 Å². The van der Waals surface area contributed by atoms with E-state index in [-0.39, 0.29) is 17.6 Å². The highest BCUT2D eigenvalue weighted by atomic mass is 16.6. The fourth-order valence-corrected chi connectivity index (χ4v) is 3.08. The third-order valence-electron chi connectivity index (χ3n) is 4.75. The molecule has 140 valence electrons. The van der Waals surface area contributed by atoms with Gasteiger partial charge in [-0.2, -0.15) is 0 Å². The molecule has 2 aliphatic rings. The second kappa shape index (κ2) is 8.17. The van der Waals surface area contributed by atoms with Crippen LogP contribution >= 0.6 is 0 Å². The predicted molar refractivity (Wildman–Crippen MR) is 95.1 cm³/mol. The molecule has 1 N–H and O–H groups in total. The van der Waals surface area contributed by atoms with Gasteiger partial charge in [-0.05, 0) is 39.7 Å². The zero-order valence-corrected chi connectivity index (χ0v) is 15.3. The SMILES string of the molecule is C=C1C(=O)OC2/C=C(\C)CC/C=C(/C(=O)O)CC(OC(=O)/C(C)=C\C)C12. The number of hydrogen-bond donors (Lipinski definition) is 1. The summed E-state index contributed by atoms with van der Waals surface area (Å²) >= 11 is 0. The zero-order valence-electron chi connectivity index (χ0n) is 15.3. The average molecular weight is 360 g/mol. The number of ether oxygens (including phenoxy) is 2. The summed E-state index contributed by atoms with van der Waals surface area (Å²) < 4.78 is 11.0. The summed E-state index contributed by atoms with van der Waals surface area (Å²) in [5, 5.41) is 9.49. The van der Waals surface area contributed by atoms with Gasteiger partial charge in [0.2, 0.25) is 0 Å². The lowest BCUT2D eigenvalue weighted by molar-refractivity contribution is -0.148. The molecule has 1 saturated heterocycles. The van der Waals surface area contributed by atoms with Crippen molar-refractivity contribution in [3.8, 4) is 0 Å². The van der Waals surface area contributed by atoms with Gasteiger partial charge in [0.25, 0.3) is 0 Å². The summed E-state index contributed by atoms with van der Waals surface area (Å²) in [5.74, 6) is -2.78. The van der Waals surface area contributed by atoms with Gasteiger partial charge >= 0.3 is 17.9 Å². The van der Waals surface area contributed by atoms with Crippen LogP contribution in [-0.2, 0) is 23.9 Å². The standard InChI is InChI=1S/C20H24O6/c1-5-12(3)19(23)25-16-10-14(18(21)22)8-6-7-11(2)9-15-17(16)13(4)20(24)26-15/h5,8-9,15-17H,4,6-7,10H2,1-3H3,(H,21,22)/b11-9+,12-5-,14-8+. The first kappa shape index (κ1) is 19.7. The molecule has 3 unspecified atom stereocenters. The van der Waals surface area contributed by atoms with Gasteiger partial charge in [0, 0.05) is 23.1 Å². The normalized spacial score (nSPS) is 31.0. The van der Waals surface area contributed by atoms with Crippen LogP contribution < -0.4 is 0 Å². The van der Waals surface area contributed by atoms with Crippen molar-refractivity contribution < 1.29 is 29.0 Å². The molecule has 6 nitrogen and oxygen atoms in total. The number of carboxylic acid groups (broad SMARTS) is 1. The monoisotopic (exact) mass is 360 g/mol. The number of allylic oxidation sites excluding steroid dienone is 3. The van der Waals surface area contributed by atoms with Gasteiger partial charge in [-0.1, -0.05) is 24.3 Å². The molecule has 1 heterocycles. The Hall–Kier alpha value is -2.63. The average Bonchev–Trinajstić information content (AvgIpc) is 2.85. The van der Waals surface area contributed by atoms with Crippen LogP contribution in [0.5, 0.6) is 0 Å². The Labute approximate surface area is 152 Å². The fourth-order valence-electron chi connectivity index (χ4n) is 3.08. The van der Waals surface area contributed by atoms with Gasteiger partial charge in [-0.15, -0.1) is 0 Å². The van der Waals surface area contributed by atoms with Gasteiger partial charge < -0.3 is 14.6 Å². The fraction of sp³-hybridized carbons (Fsp3) is 0.450. The van der Waals surface area contributed by atoms with Crippen LogP contribution in [0.3, 0.4) is 0 Å². The number of carboxylic acids is 1. The Kier molecular flexibility index (Phi) is 6.18. The maximum absolute atomic E-state index is 12.3. The minimum absolute atomic E-state index is 0.0121. The molecule has 1 fully saturated rings. The number of carbonyl (C=O) groups excluding carboxylic acids is 2. The van der Waals surface area contributed by atoms with Crippen LogP contribution in [-0.4, -0.2) is 35.2 Å². The summed E-state index contributed by atoms with van der Waals surface area (Å²) in [5.41, 5.74) is 1.73. The van der Waals surface area contributed by atoms with E-state index in [1.54, 1.807) is 26.0 Å². The van der Waals surface area contributed by atoms with E-state index in [1.807, 2.05) is 13.0 Å². The van der Waals surface area contributed by atoms with Crippen molar-refractivity contribution in [1.29, 1.82) is 0 Å². The molecule has 26 heavy (non-hydrogen) atoms. The van der Waals surface area contributed by atoms with Gasteiger partial charge in [0.15, 0.2) is 0 Å². The Morgan fingerprint density at radius 2 is 2.12 bits per heavy atom. The Balaban J connectivity index is 2.46. The second-order valence-electron chi connectivity index (χ2n) is 6.63. The molecular weight excluding hydrogens is 336 g/mol. The van der Waals surface area contributed by atoms with Crippen molar-refractivity contribution in [1.82, 2.24) is 0 Å². The molecule has 0 radical (unpaired) electrons. The van der Waals surface area contributed by atoms with Crippen LogP contribution in [0.25, 0.3) is 0 Å². The number of esters is 2. The number of hydrogen-bond acceptors (Lipinski definition) is 5. The van der Waals surface area contributed by atoms with Gasteiger partial charge in [0.05, 0.1) is 5.92 Å². The quantitative estimate of drug-likeness (QED) is 0.472. The Morgan fingerprint density at radius 3 is 2.73 bits per heavy atom. The number of rotatable bonds is 3. The molecular formula is C20H24O6. The molecule has 3 atom stereocenters. The van der Waals surface area contributed by atoms with E-state index in [4.69, 9.17) is 9.47 Å². The first-order valence-corrected chi connectivity index (χ1v) is 8.57. The Morgan fingerprint density at radius 1 is 1.42 bits per heavy atom. The molecule has 0 bridgehead atoms. The molecule has 2 rings (SSSR count). The lowest BCUT2D eigenvalue weighted by atomic mass is 9.85. The van der Waals surface area contributed by atoms with Gasteiger partial charge in [0.1, 0.15) is 12.2 Å².